The molecule has 1 aromatic carbocycles. The number of hydrogen-bond acceptors (Lipinski definition) is 4. The molecule has 114 valence electrons. The third-order valence-electron chi connectivity index (χ3n) is 2.88. The molecule has 0 saturated heterocycles. The molecule has 1 unspecified atom stereocenters. The van der Waals surface area contributed by atoms with Gasteiger partial charge < -0.3 is 5.32 Å². The number of carbonyl (C=O) groups is 1. The van der Waals surface area contributed by atoms with E-state index in [1.54, 1.807) is 19.1 Å². The van der Waals surface area contributed by atoms with Gasteiger partial charge in [0.25, 0.3) is 5.91 Å². The maximum Gasteiger partial charge on any atom is 0.262 e. The van der Waals surface area contributed by atoms with Crippen molar-refractivity contribution in [2.24, 2.45) is 5.10 Å². The molecule has 1 atom stereocenters. The van der Waals surface area contributed by atoms with Gasteiger partial charge in [0.05, 0.1) is 11.9 Å². The Labute approximate surface area is 134 Å². The lowest BCUT2D eigenvalue weighted by atomic mass is 10.2. The number of anilines is 1. The van der Waals surface area contributed by atoms with Gasteiger partial charge in [-0.3, -0.25) is 9.78 Å². The second-order valence-electron chi connectivity index (χ2n) is 4.81. The van der Waals surface area contributed by atoms with Crippen molar-refractivity contribution in [3.63, 3.8) is 0 Å². The van der Waals surface area contributed by atoms with E-state index in [2.05, 4.69) is 20.8 Å². The van der Waals surface area contributed by atoms with Gasteiger partial charge in [0.2, 0.25) is 0 Å². The monoisotopic (exact) mass is 316 g/mol. The molecule has 2 aromatic rings. The third kappa shape index (κ3) is 4.86. The van der Waals surface area contributed by atoms with E-state index >= 15 is 0 Å². The summed E-state index contributed by atoms with van der Waals surface area (Å²) in [6.07, 6.45) is 1.51. The van der Waals surface area contributed by atoms with E-state index < -0.39 is 6.04 Å². The Morgan fingerprint density at radius 3 is 2.82 bits per heavy atom. The topological polar surface area (TPSA) is 66.4 Å². The highest BCUT2D eigenvalue weighted by Crippen LogP contribution is 2.15. The minimum atomic E-state index is -0.443. The Morgan fingerprint density at radius 2 is 2.09 bits per heavy atom. The van der Waals surface area contributed by atoms with Crippen molar-refractivity contribution in [1.29, 1.82) is 0 Å². The highest BCUT2D eigenvalue weighted by Gasteiger charge is 2.11. The van der Waals surface area contributed by atoms with Crippen LogP contribution in [0.3, 0.4) is 0 Å². The summed E-state index contributed by atoms with van der Waals surface area (Å²) in [5, 5.41) is 7.58. The molecular formula is C16H17ClN4O. The van der Waals surface area contributed by atoms with Gasteiger partial charge in [-0.25, -0.2) is 5.43 Å². The van der Waals surface area contributed by atoms with Gasteiger partial charge in [0, 0.05) is 16.4 Å². The molecule has 0 spiro atoms. The van der Waals surface area contributed by atoms with Crippen LogP contribution in [0, 0.1) is 6.92 Å². The summed E-state index contributed by atoms with van der Waals surface area (Å²) in [6.45, 7) is 3.64. The first-order valence-electron chi connectivity index (χ1n) is 6.83. The van der Waals surface area contributed by atoms with Crippen LogP contribution in [-0.4, -0.2) is 23.1 Å². The lowest BCUT2D eigenvalue weighted by Crippen LogP contribution is -2.34. The summed E-state index contributed by atoms with van der Waals surface area (Å²) < 4.78 is 0. The van der Waals surface area contributed by atoms with Gasteiger partial charge >= 0.3 is 0 Å². The molecule has 0 fully saturated rings. The highest BCUT2D eigenvalue weighted by molar-refractivity contribution is 6.30. The number of rotatable bonds is 5. The van der Waals surface area contributed by atoms with Crippen LogP contribution < -0.4 is 10.7 Å². The fourth-order valence-corrected chi connectivity index (χ4v) is 1.98. The van der Waals surface area contributed by atoms with Crippen LogP contribution in [0.2, 0.25) is 5.02 Å². The highest BCUT2D eigenvalue weighted by atomic mass is 35.5. The van der Waals surface area contributed by atoms with Gasteiger partial charge in [0.15, 0.2) is 0 Å². The van der Waals surface area contributed by atoms with Gasteiger partial charge in [-0.1, -0.05) is 23.7 Å². The molecule has 0 aliphatic carbocycles. The first kappa shape index (κ1) is 16.0. The number of hydrogen-bond donors (Lipinski definition) is 2. The predicted molar refractivity (Wildman–Crippen MR) is 89.2 cm³/mol. The molecule has 2 rings (SSSR count). The summed E-state index contributed by atoms with van der Waals surface area (Å²) in [6, 6.07) is 12.3. The molecule has 1 amide bonds. The largest absolute Gasteiger partial charge is 0.374 e. The predicted octanol–water partition coefficient (Wildman–Crippen LogP) is 2.99. The summed E-state index contributed by atoms with van der Waals surface area (Å²) >= 11 is 5.90. The molecule has 0 saturated carbocycles. The Bertz CT molecular complexity index is 687. The van der Waals surface area contributed by atoms with Gasteiger partial charge in [-0.05, 0) is 44.2 Å². The Balaban J connectivity index is 1.89. The second kappa shape index (κ2) is 7.56. The fourth-order valence-electron chi connectivity index (χ4n) is 1.79. The molecule has 1 heterocycles. The number of amides is 1. The Morgan fingerprint density at radius 1 is 1.32 bits per heavy atom. The van der Waals surface area contributed by atoms with E-state index in [-0.39, 0.29) is 5.91 Å². The summed E-state index contributed by atoms with van der Waals surface area (Å²) in [5.74, 6) is -0.246. The van der Waals surface area contributed by atoms with Crippen LogP contribution in [0.25, 0.3) is 0 Å². The van der Waals surface area contributed by atoms with E-state index in [4.69, 9.17) is 11.6 Å². The van der Waals surface area contributed by atoms with E-state index in [1.165, 1.54) is 6.21 Å². The van der Waals surface area contributed by atoms with Crippen molar-refractivity contribution in [2.75, 3.05) is 5.32 Å². The fraction of sp³-hybridized carbons (Fsp3) is 0.188. The molecule has 0 radical (unpaired) electrons. The number of aryl methyl sites for hydroxylation is 1. The number of pyridine rings is 1. The number of hydrazone groups is 1. The Hall–Kier alpha value is -2.40. The molecule has 0 bridgehead atoms. The maximum absolute atomic E-state index is 11.9. The van der Waals surface area contributed by atoms with E-state index in [1.807, 2.05) is 37.3 Å². The molecule has 0 aliphatic heterocycles. The third-order valence-corrected chi connectivity index (χ3v) is 3.12. The zero-order chi connectivity index (χ0) is 15.9. The second-order valence-corrected chi connectivity index (χ2v) is 5.25. The Kier molecular flexibility index (Phi) is 5.49. The van der Waals surface area contributed by atoms with Crippen molar-refractivity contribution in [3.05, 3.63) is 58.9 Å². The van der Waals surface area contributed by atoms with Gasteiger partial charge in [0.1, 0.15) is 6.04 Å². The first-order valence-corrected chi connectivity index (χ1v) is 7.21. The van der Waals surface area contributed by atoms with E-state index in [0.717, 1.165) is 11.4 Å². The number of benzene rings is 1. The lowest BCUT2D eigenvalue weighted by Gasteiger charge is -2.13. The summed E-state index contributed by atoms with van der Waals surface area (Å²) in [5.41, 5.74) is 4.84. The molecule has 6 heteroatoms. The van der Waals surface area contributed by atoms with Crippen LogP contribution in [0.1, 0.15) is 18.3 Å². The summed E-state index contributed by atoms with van der Waals surface area (Å²) in [4.78, 5) is 16.2. The van der Waals surface area contributed by atoms with Crippen molar-refractivity contribution < 1.29 is 4.79 Å². The number of nitrogens with one attached hydrogen (secondary N) is 2. The van der Waals surface area contributed by atoms with Crippen LogP contribution in [0.5, 0.6) is 0 Å². The van der Waals surface area contributed by atoms with Crippen molar-refractivity contribution in [1.82, 2.24) is 10.4 Å². The van der Waals surface area contributed by atoms with Crippen molar-refractivity contribution >= 4 is 29.4 Å². The number of halogens is 1. The molecule has 22 heavy (non-hydrogen) atoms. The van der Waals surface area contributed by atoms with Gasteiger partial charge in [-0.2, -0.15) is 5.10 Å². The molecule has 0 aliphatic rings. The molecular weight excluding hydrogens is 300 g/mol. The quantitative estimate of drug-likeness (QED) is 0.658. The standard InChI is InChI=1S/C16H17ClN4O/c1-11-5-3-8-15(19-11)10-18-21-16(22)12(2)20-14-7-4-6-13(17)9-14/h3-10,12,20H,1-2H3,(H,21,22). The zero-order valence-corrected chi connectivity index (χ0v) is 13.1. The average Bonchev–Trinajstić information content (AvgIpc) is 2.47. The van der Waals surface area contributed by atoms with E-state index in [0.29, 0.717) is 10.7 Å². The zero-order valence-electron chi connectivity index (χ0n) is 12.4. The number of carbonyl (C=O) groups excluding carboxylic acids is 1. The average molecular weight is 317 g/mol. The number of aromatic nitrogens is 1. The normalized spacial score (nSPS) is 12.1. The van der Waals surface area contributed by atoms with Crippen LogP contribution in [0.4, 0.5) is 5.69 Å². The molecule has 1 aromatic heterocycles. The minimum absolute atomic E-state index is 0.246. The lowest BCUT2D eigenvalue weighted by molar-refractivity contribution is -0.121. The van der Waals surface area contributed by atoms with Crippen LogP contribution >= 0.6 is 11.6 Å². The van der Waals surface area contributed by atoms with Crippen LogP contribution in [-0.2, 0) is 4.79 Å². The van der Waals surface area contributed by atoms with Crippen molar-refractivity contribution in [2.45, 2.75) is 19.9 Å². The molecule has 5 nitrogen and oxygen atoms in total. The van der Waals surface area contributed by atoms with Crippen molar-refractivity contribution in [3.8, 4) is 0 Å². The first-order chi connectivity index (χ1) is 10.5. The summed E-state index contributed by atoms with van der Waals surface area (Å²) in [7, 11) is 0. The maximum atomic E-state index is 11.9. The minimum Gasteiger partial charge on any atom is -0.374 e. The SMILES string of the molecule is Cc1cccc(C=NNC(=O)C(C)Nc2cccc(Cl)c2)n1. The number of nitrogens with zero attached hydrogens (tertiary/aromatic N) is 2. The smallest absolute Gasteiger partial charge is 0.262 e. The molecule has 2 N–H and O–H groups in total. The van der Waals surface area contributed by atoms with E-state index in [9.17, 15) is 4.79 Å². The van der Waals surface area contributed by atoms with Gasteiger partial charge in [-0.15, -0.1) is 0 Å². The van der Waals surface area contributed by atoms with Crippen LogP contribution in [0.15, 0.2) is 47.6 Å².